The standard InChI is InChI=1S/C13H20N2O2S/c1-3-15-13(12-9-18-5-4-17-12)10-6-11(16-2)8-14-7-10/h6-8,12-13,15H,3-5,9H2,1-2H3. The summed E-state index contributed by atoms with van der Waals surface area (Å²) in [5, 5.41) is 3.49. The predicted octanol–water partition coefficient (Wildman–Crippen LogP) is 1.87. The maximum absolute atomic E-state index is 5.87. The van der Waals surface area contributed by atoms with Crippen molar-refractivity contribution in [1.82, 2.24) is 10.3 Å². The minimum atomic E-state index is 0.186. The molecule has 1 saturated heterocycles. The maximum Gasteiger partial charge on any atom is 0.137 e. The van der Waals surface area contributed by atoms with Crippen LogP contribution in [0.4, 0.5) is 0 Å². The highest BCUT2D eigenvalue weighted by Crippen LogP contribution is 2.26. The molecule has 2 rings (SSSR count). The monoisotopic (exact) mass is 268 g/mol. The summed E-state index contributed by atoms with van der Waals surface area (Å²) in [4.78, 5) is 4.23. The summed E-state index contributed by atoms with van der Waals surface area (Å²) in [6.45, 7) is 3.84. The zero-order valence-electron chi connectivity index (χ0n) is 10.9. The minimum Gasteiger partial charge on any atom is -0.495 e. The number of nitrogens with one attached hydrogen (secondary N) is 1. The molecule has 1 aliphatic heterocycles. The molecule has 1 aromatic rings. The molecule has 1 aliphatic rings. The van der Waals surface area contributed by atoms with Crippen LogP contribution in [0.1, 0.15) is 18.5 Å². The summed E-state index contributed by atoms with van der Waals surface area (Å²) in [6, 6.07) is 2.22. The van der Waals surface area contributed by atoms with Crippen LogP contribution in [-0.2, 0) is 4.74 Å². The third kappa shape index (κ3) is 3.37. The van der Waals surface area contributed by atoms with Crippen molar-refractivity contribution in [2.75, 3.05) is 31.8 Å². The Morgan fingerprint density at radius 3 is 3.17 bits per heavy atom. The van der Waals surface area contributed by atoms with Gasteiger partial charge in [0.1, 0.15) is 5.75 Å². The van der Waals surface area contributed by atoms with E-state index >= 15 is 0 Å². The van der Waals surface area contributed by atoms with Gasteiger partial charge in [0.2, 0.25) is 0 Å². The van der Waals surface area contributed by atoms with Gasteiger partial charge in [-0.05, 0) is 18.2 Å². The number of likely N-dealkylation sites (N-methyl/N-ethyl adjacent to an activating group) is 1. The molecule has 0 aromatic carbocycles. The number of rotatable bonds is 5. The average Bonchev–Trinajstić information content (AvgIpc) is 2.46. The third-order valence-electron chi connectivity index (χ3n) is 2.97. The van der Waals surface area contributed by atoms with E-state index in [1.165, 1.54) is 0 Å². The molecule has 0 bridgehead atoms. The van der Waals surface area contributed by atoms with E-state index in [-0.39, 0.29) is 12.1 Å². The van der Waals surface area contributed by atoms with Crippen molar-refractivity contribution >= 4 is 11.8 Å². The van der Waals surface area contributed by atoms with Gasteiger partial charge < -0.3 is 14.8 Å². The zero-order chi connectivity index (χ0) is 12.8. The lowest BCUT2D eigenvalue weighted by molar-refractivity contribution is 0.0471. The van der Waals surface area contributed by atoms with Crippen molar-refractivity contribution in [2.24, 2.45) is 0 Å². The van der Waals surface area contributed by atoms with Crippen molar-refractivity contribution in [3.63, 3.8) is 0 Å². The molecule has 0 saturated carbocycles. The maximum atomic E-state index is 5.87. The number of nitrogens with zero attached hydrogens (tertiary/aromatic N) is 1. The Hall–Kier alpha value is -0.780. The fraction of sp³-hybridized carbons (Fsp3) is 0.615. The van der Waals surface area contributed by atoms with Crippen molar-refractivity contribution in [3.8, 4) is 5.75 Å². The van der Waals surface area contributed by atoms with Crippen molar-refractivity contribution in [1.29, 1.82) is 0 Å². The first-order chi connectivity index (χ1) is 8.85. The molecular formula is C13H20N2O2S. The molecule has 1 aromatic heterocycles. The Morgan fingerprint density at radius 1 is 1.61 bits per heavy atom. The summed E-state index contributed by atoms with van der Waals surface area (Å²) in [5.41, 5.74) is 1.13. The Morgan fingerprint density at radius 2 is 2.50 bits per heavy atom. The number of ether oxygens (including phenoxy) is 2. The highest BCUT2D eigenvalue weighted by atomic mass is 32.2. The van der Waals surface area contributed by atoms with Crippen LogP contribution in [0.2, 0.25) is 0 Å². The summed E-state index contributed by atoms with van der Waals surface area (Å²) in [5.74, 6) is 2.90. The molecule has 0 spiro atoms. The molecule has 18 heavy (non-hydrogen) atoms. The Labute approximate surface area is 112 Å². The predicted molar refractivity (Wildman–Crippen MR) is 74.3 cm³/mol. The Bertz CT molecular complexity index is 370. The average molecular weight is 268 g/mol. The number of pyridine rings is 1. The molecule has 1 fully saturated rings. The van der Waals surface area contributed by atoms with E-state index in [2.05, 4.69) is 17.2 Å². The van der Waals surface area contributed by atoms with Crippen LogP contribution in [-0.4, -0.2) is 42.9 Å². The number of aromatic nitrogens is 1. The van der Waals surface area contributed by atoms with Crippen LogP contribution in [0.25, 0.3) is 0 Å². The van der Waals surface area contributed by atoms with Gasteiger partial charge in [-0.15, -0.1) is 0 Å². The molecule has 0 radical (unpaired) electrons. The van der Waals surface area contributed by atoms with Gasteiger partial charge in [-0.3, -0.25) is 4.98 Å². The smallest absolute Gasteiger partial charge is 0.137 e. The van der Waals surface area contributed by atoms with Gasteiger partial charge in [0.05, 0.1) is 32.1 Å². The fourth-order valence-electron chi connectivity index (χ4n) is 2.10. The Kier molecular flexibility index (Phi) is 5.28. The lowest BCUT2D eigenvalue weighted by Gasteiger charge is -2.31. The van der Waals surface area contributed by atoms with Crippen molar-refractivity contribution in [2.45, 2.75) is 19.1 Å². The zero-order valence-corrected chi connectivity index (χ0v) is 11.7. The molecule has 2 unspecified atom stereocenters. The molecule has 100 valence electrons. The highest BCUT2D eigenvalue weighted by Gasteiger charge is 2.26. The van der Waals surface area contributed by atoms with Crippen LogP contribution < -0.4 is 10.1 Å². The lowest BCUT2D eigenvalue weighted by Crippen LogP contribution is -2.38. The second-order valence-corrected chi connectivity index (χ2v) is 5.33. The molecule has 0 amide bonds. The van der Waals surface area contributed by atoms with Crippen LogP contribution >= 0.6 is 11.8 Å². The lowest BCUT2D eigenvalue weighted by atomic mass is 10.0. The van der Waals surface area contributed by atoms with Crippen LogP contribution in [0.3, 0.4) is 0 Å². The second kappa shape index (κ2) is 6.97. The van der Waals surface area contributed by atoms with Gasteiger partial charge in [-0.25, -0.2) is 0 Å². The van der Waals surface area contributed by atoms with Gasteiger partial charge >= 0.3 is 0 Å². The van der Waals surface area contributed by atoms with E-state index in [9.17, 15) is 0 Å². The summed E-state index contributed by atoms with van der Waals surface area (Å²) in [6.07, 6.45) is 3.82. The first-order valence-electron chi connectivity index (χ1n) is 6.26. The summed E-state index contributed by atoms with van der Waals surface area (Å²) >= 11 is 1.95. The van der Waals surface area contributed by atoms with E-state index in [0.717, 1.165) is 36.0 Å². The first kappa shape index (κ1) is 13.6. The highest BCUT2D eigenvalue weighted by molar-refractivity contribution is 7.99. The van der Waals surface area contributed by atoms with E-state index in [4.69, 9.17) is 9.47 Å². The molecule has 2 heterocycles. The number of methoxy groups -OCH3 is 1. The molecule has 4 nitrogen and oxygen atoms in total. The summed E-state index contributed by atoms with van der Waals surface area (Å²) in [7, 11) is 1.66. The van der Waals surface area contributed by atoms with E-state index in [1.807, 2.05) is 24.0 Å². The molecule has 1 N–H and O–H groups in total. The summed E-state index contributed by atoms with van der Waals surface area (Å²) < 4.78 is 11.1. The van der Waals surface area contributed by atoms with Crippen molar-refractivity contribution in [3.05, 3.63) is 24.0 Å². The first-order valence-corrected chi connectivity index (χ1v) is 7.42. The number of hydrogen-bond acceptors (Lipinski definition) is 5. The minimum absolute atomic E-state index is 0.186. The van der Waals surface area contributed by atoms with Gasteiger partial charge in [0.15, 0.2) is 0 Å². The number of thioether (sulfide) groups is 1. The van der Waals surface area contributed by atoms with E-state index in [0.29, 0.717) is 0 Å². The molecule has 2 atom stereocenters. The molecule has 5 heteroatoms. The SMILES string of the molecule is CCNC(c1cncc(OC)c1)C1CSCCO1. The Balaban J connectivity index is 2.16. The molecular weight excluding hydrogens is 248 g/mol. The topological polar surface area (TPSA) is 43.4 Å². The second-order valence-electron chi connectivity index (χ2n) is 4.18. The quantitative estimate of drug-likeness (QED) is 0.883. The van der Waals surface area contributed by atoms with Crippen LogP contribution in [0.15, 0.2) is 18.5 Å². The van der Waals surface area contributed by atoms with Gasteiger partial charge in [0.25, 0.3) is 0 Å². The largest absolute Gasteiger partial charge is 0.495 e. The van der Waals surface area contributed by atoms with Gasteiger partial charge in [0, 0.05) is 17.7 Å². The van der Waals surface area contributed by atoms with Gasteiger partial charge in [-0.2, -0.15) is 11.8 Å². The van der Waals surface area contributed by atoms with Gasteiger partial charge in [-0.1, -0.05) is 6.92 Å². The van der Waals surface area contributed by atoms with E-state index < -0.39 is 0 Å². The number of hydrogen-bond donors (Lipinski definition) is 1. The normalized spacial score (nSPS) is 21.6. The van der Waals surface area contributed by atoms with Crippen molar-refractivity contribution < 1.29 is 9.47 Å². The van der Waals surface area contributed by atoms with Crippen LogP contribution in [0, 0.1) is 0 Å². The van der Waals surface area contributed by atoms with E-state index in [1.54, 1.807) is 13.3 Å². The third-order valence-corrected chi connectivity index (χ3v) is 3.99. The fourth-order valence-corrected chi connectivity index (χ4v) is 3.00. The molecule has 0 aliphatic carbocycles. The van der Waals surface area contributed by atoms with Crippen LogP contribution in [0.5, 0.6) is 5.75 Å².